The molecule has 0 bridgehead atoms. The zero-order chi connectivity index (χ0) is 8.44. The minimum atomic E-state index is -0.108. The first-order valence-corrected chi connectivity index (χ1v) is 4.95. The number of β-amino-alcohol motifs (C(OH)–C–C–N with tert-alkyl or cyclic N) is 1. The van der Waals surface area contributed by atoms with E-state index in [1.54, 1.807) is 0 Å². The molecule has 0 aromatic rings. The SMILES string of the molecule is Cl.Cl.OC1CNC2(CCCNCC2)C1. The molecule has 14 heavy (non-hydrogen) atoms. The minimum Gasteiger partial charge on any atom is -0.392 e. The lowest BCUT2D eigenvalue weighted by Crippen LogP contribution is -2.40. The Bertz CT molecular complexity index is 161. The highest BCUT2D eigenvalue weighted by Gasteiger charge is 2.37. The summed E-state index contributed by atoms with van der Waals surface area (Å²) >= 11 is 0. The molecular weight excluding hydrogens is 223 g/mol. The second-order valence-corrected chi connectivity index (χ2v) is 4.12. The Morgan fingerprint density at radius 3 is 2.57 bits per heavy atom. The van der Waals surface area contributed by atoms with Crippen molar-refractivity contribution >= 4 is 24.8 Å². The van der Waals surface area contributed by atoms with E-state index in [1.807, 2.05) is 0 Å². The van der Waals surface area contributed by atoms with Gasteiger partial charge in [-0.05, 0) is 38.8 Å². The summed E-state index contributed by atoms with van der Waals surface area (Å²) in [5.74, 6) is 0. The van der Waals surface area contributed by atoms with E-state index in [0.717, 1.165) is 26.1 Å². The quantitative estimate of drug-likeness (QED) is 0.586. The molecular formula is C9H20Cl2N2O. The normalized spacial score (nSPS) is 37.1. The van der Waals surface area contributed by atoms with Gasteiger partial charge in [0.1, 0.15) is 0 Å². The first-order valence-electron chi connectivity index (χ1n) is 4.95. The van der Waals surface area contributed by atoms with Crippen LogP contribution < -0.4 is 10.6 Å². The summed E-state index contributed by atoms with van der Waals surface area (Å²) in [5, 5.41) is 16.3. The first-order chi connectivity index (χ1) is 5.81. The van der Waals surface area contributed by atoms with Crippen LogP contribution in [0.4, 0.5) is 0 Å². The number of halogens is 2. The third-order valence-electron chi connectivity index (χ3n) is 3.13. The maximum absolute atomic E-state index is 9.46. The monoisotopic (exact) mass is 242 g/mol. The van der Waals surface area contributed by atoms with Gasteiger partial charge in [0.2, 0.25) is 0 Å². The average Bonchev–Trinajstić information content (AvgIpc) is 2.30. The van der Waals surface area contributed by atoms with Gasteiger partial charge in [-0.3, -0.25) is 0 Å². The van der Waals surface area contributed by atoms with Gasteiger partial charge in [0, 0.05) is 12.1 Å². The van der Waals surface area contributed by atoms with Crippen molar-refractivity contribution in [1.29, 1.82) is 0 Å². The number of nitrogens with one attached hydrogen (secondary N) is 2. The van der Waals surface area contributed by atoms with E-state index in [4.69, 9.17) is 0 Å². The maximum Gasteiger partial charge on any atom is 0.0682 e. The summed E-state index contributed by atoms with van der Waals surface area (Å²) in [7, 11) is 0. The van der Waals surface area contributed by atoms with Crippen LogP contribution in [0.1, 0.15) is 25.7 Å². The van der Waals surface area contributed by atoms with Gasteiger partial charge in [-0.25, -0.2) is 0 Å². The molecule has 2 unspecified atom stereocenters. The molecule has 3 N–H and O–H groups in total. The Morgan fingerprint density at radius 2 is 1.93 bits per heavy atom. The van der Waals surface area contributed by atoms with Gasteiger partial charge in [-0.15, -0.1) is 24.8 Å². The summed E-state index contributed by atoms with van der Waals surface area (Å²) in [5.41, 5.74) is 0.267. The number of aliphatic hydroxyl groups is 1. The molecule has 3 nitrogen and oxygen atoms in total. The molecule has 2 atom stereocenters. The highest BCUT2D eigenvalue weighted by Crippen LogP contribution is 2.29. The standard InChI is InChI=1S/C9H18N2O.2ClH/c12-8-6-9(11-7-8)2-1-4-10-5-3-9;;/h8,10-12H,1-7H2;2*1H. The molecule has 2 saturated heterocycles. The van der Waals surface area contributed by atoms with E-state index in [2.05, 4.69) is 10.6 Å². The van der Waals surface area contributed by atoms with Crippen molar-refractivity contribution in [2.75, 3.05) is 19.6 Å². The summed E-state index contributed by atoms with van der Waals surface area (Å²) < 4.78 is 0. The van der Waals surface area contributed by atoms with Crippen LogP contribution in [0.25, 0.3) is 0 Å². The van der Waals surface area contributed by atoms with Gasteiger partial charge in [0.25, 0.3) is 0 Å². The van der Waals surface area contributed by atoms with Crippen LogP contribution in [-0.4, -0.2) is 36.4 Å². The third-order valence-corrected chi connectivity index (χ3v) is 3.13. The van der Waals surface area contributed by atoms with Crippen LogP contribution >= 0.6 is 24.8 Å². The maximum atomic E-state index is 9.46. The van der Waals surface area contributed by atoms with Gasteiger partial charge in [-0.1, -0.05) is 0 Å². The van der Waals surface area contributed by atoms with Crippen LogP contribution in [0.2, 0.25) is 0 Å². The Labute approximate surface area is 97.8 Å². The molecule has 1 spiro atoms. The van der Waals surface area contributed by atoms with E-state index < -0.39 is 0 Å². The smallest absolute Gasteiger partial charge is 0.0682 e. The fraction of sp³-hybridized carbons (Fsp3) is 1.00. The van der Waals surface area contributed by atoms with Crippen molar-refractivity contribution in [2.45, 2.75) is 37.3 Å². The molecule has 0 saturated carbocycles. The average molecular weight is 243 g/mol. The summed E-state index contributed by atoms with van der Waals surface area (Å²) in [6.45, 7) is 3.03. The van der Waals surface area contributed by atoms with Gasteiger partial charge >= 0.3 is 0 Å². The number of hydrogen-bond acceptors (Lipinski definition) is 3. The van der Waals surface area contributed by atoms with Crippen LogP contribution in [-0.2, 0) is 0 Å². The molecule has 0 aromatic carbocycles. The zero-order valence-corrected chi connectivity index (χ0v) is 9.92. The third kappa shape index (κ3) is 3.24. The lowest BCUT2D eigenvalue weighted by Gasteiger charge is -2.27. The number of rotatable bonds is 0. The highest BCUT2D eigenvalue weighted by atomic mass is 35.5. The topological polar surface area (TPSA) is 44.3 Å². The second-order valence-electron chi connectivity index (χ2n) is 4.12. The molecule has 0 radical (unpaired) electrons. The summed E-state index contributed by atoms with van der Waals surface area (Å²) in [6, 6.07) is 0. The molecule has 0 amide bonds. The van der Waals surface area contributed by atoms with Gasteiger partial charge in [0.15, 0.2) is 0 Å². The lowest BCUT2D eigenvalue weighted by atomic mass is 9.88. The van der Waals surface area contributed by atoms with Crippen molar-refractivity contribution in [3.8, 4) is 0 Å². The molecule has 5 heteroatoms. The molecule has 2 aliphatic rings. The number of aliphatic hydroxyl groups excluding tert-OH is 1. The fourth-order valence-electron chi connectivity index (χ4n) is 2.44. The first kappa shape index (κ1) is 14.5. The Kier molecular flexibility index (Phi) is 6.33. The zero-order valence-electron chi connectivity index (χ0n) is 8.29. The van der Waals surface area contributed by atoms with Crippen molar-refractivity contribution in [3.05, 3.63) is 0 Å². The molecule has 2 heterocycles. The molecule has 0 aromatic heterocycles. The second kappa shape index (κ2) is 6.13. The van der Waals surface area contributed by atoms with Crippen LogP contribution in [0, 0.1) is 0 Å². The van der Waals surface area contributed by atoms with Crippen molar-refractivity contribution < 1.29 is 5.11 Å². The molecule has 2 fully saturated rings. The minimum absolute atomic E-state index is 0. The molecule has 2 aliphatic heterocycles. The molecule has 2 rings (SSSR count). The molecule has 86 valence electrons. The predicted molar refractivity (Wildman–Crippen MR) is 62.6 cm³/mol. The van der Waals surface area contributed by atoms with Crippen molar-refractivity contribution in [1.82, 2.24) is 10.6 Å². The van der Waals surface area contributed by atoms with E-state index >= 15 is 0 Å². The van der Waals surface area contributed by atoms with Crippen LogP contribution in [0.15, 0.2) is 0 Å². The Balaban J connectivity index is 0.000000845. The van der Waals surface area contributed by atoms with E-state index in [0.29, 0.717) is 0 Å². The summed E-state index contributed by atoms with van der Waals surface area (Å²) in [4.78, 5) is 0. The largest absolute Gasteiger partial charge is 0.392 e. The van der Waals surface area contributed by atoms with E-state index in [1.165, 1.54) is 19.3 Å². The van der Waals surface area contributed by atoms with Crippen LogP contribution in [0.3, 0.4) is 0 Å². The lowest BCUT2D eigenvalue weighted by molar-refractivity contribution is 0.181. The van der Waals surface area contributed by atoms with Crippen molar-refractivity contribution in [2.24, 2.45) is 0 Å². The van der Waals surface area contributed by atoms with Crippen molar-refractivity contribution in [3.63, 3.8) is 0 Å². The van der Waals surface area contributed by atoms with Gasteiger partial charge < -0.3 is 15.7 Å². The summed E-state index contributed by atoms with van der Waals surface area (Å²) in [6.07, 6.45) is 4.47. The Hall–Kier alpha value is 0.460. The Morgan fingerprint density at radius 1 is 1.14 bits per heavy atom. The predicted octanol–water partition coefficient (Wildman–Crippen LogP) is 0.696. The number of hydrogen-bond donors (Lipinski definition) is 3. The van der Waals surface area contributed by atoms with E-state index in [9.17, 15) is 5.11 Å². The van der Waals surface area contributed by atoms with E-state index in [-0.39, 0.29) is 36.5 Å². The van der Waals surface area contributed by atoms with Crippen LogP contribution in [0.5, 0.6) is 0 Å². The van der Waals surface area contributed by atoms with Gasteiger partial charge in [0.05, 0.1) is 6.10 Å². The fourth-order valence-corrected chi connectivity index (χ4v) is 2.44. The van der Waals surface area contributed by atoms with Gasteiger partial charge in [-0.2, -0.15) is 0 Å². The molecule has 0 aliphatic carbocycles. The highest BCUT2D eigenvalue weighted by molar-refractivity contribution is 5.85.